The fourth-order valence-electron chi connectivity index (χ4n) is 2.91. The molecule has 0 atom stereocenters. The second kappa shape index (κ2) is 8.08. The van der Waals surface area contributed by atoms with E-state index in [4.69, 9.17) is 13.9 Å². The standard InChI is InChI=1S/C21H25N3O5S/c1-13-7-8-15(12-18(13)30(25,26)24-21(2,3)4)20-23-22-19(29-20)14-9-10-16(27-5)17(11-14)28-6/h7-12,24H,1-6H3. The Morgan fingerprint density at radius 3 is 2.03 bits per heavy atom. The van der Waals surface area contributed by atoms with E-state index in [-0.39, 0.29) is 16.7 Å². The summed E-state index contributed by atoms with van der Waals surface area (Å²) < 4.78 is 44.6. The molecule has 2 aromatic carbocycles. The van der Waals surface area contributed by atoms with Crippen LogP contribution in [0.15, 0.2) is 45.7 Å². The molecule has 3 aromatic rings. The lowest BCUT2D eigenvalue weighted by Gasteiger charge is -2.21. The molecule has 0 radical (unpaired) electrons. The number of aromatic nitrogens is 2. The maximum absolute atomic E-state index is 12.8. The van der Waals surface area contributed by atoms with Crippen LogP contribution >= 0.6 is 0 Å². The van der Waals surface area contributed by atoms with Gasteiger partial charge in [-0.1, -0.05) is 6.07 Å². The summed E-state index contributed by atoms with van der Waals surface area (Å²) in [5.74, 6) is 1.61. The third-order valence-corrected chi connectivity index (χ3v) is 6.12. The van der Waals surface area contributed by atoms with Crippen LogP contribution in [0.3, 0.4) is 0 Å². The first-order chi connectivity index (χ1) is 14.0. The van der Waals surface area contributed by atoms with E-state index in [1.165, 1.54) is 6.07 Å². The highest BCUT2D eigenvalue weighted by Gasteiger charge is 2.25. The normalized spacial score (nSPS) is 12.1. The summed E-state index contributed by atoms with van der Waals surface area (Å²) in [6.07, 6.45) is 0. The van der Waals surface area contributed by atoms with Crippen molar-refractivity contribution >= 4 is 10.0 Å². The molecule has 0 aliphatic heterocycles. The zero-order valence-corrected chi connectivity index (χ0v) is 18.6. The van der Waals surface area contributed by atoms with Gasteiger partial charge in [-0.25, -0.2) is 13.1 Å². The van der Waals surface area contributed by atoms with Gasteiger partial charge >= 0.3 is 0 Å². The molecule has 30 heavy (non-hydrogen) atoms. The molecule has 0 saturated heterocycles. The Morgan fingerprint density at radius 2 is 1.47 bits per heavy atom. The van der Waals surface area contributed by atoms with Crippen molar-refractivity contribution in [3.63, 3.8) is 0 Å². The number of nitrogens with one attached hydrogen (secondary N) is 1. The fourth-order valence-corrected chi connectivity index (χ4v) is 4.60. The van der Waals surface area contributed by atoms with Crippen LogP contribution in [-0.4, -0.2) is 38.4 Å². The number of ether oxygens (including phenoxy) is 2. The van der Waals surface area contributed by atoms with Gasteiger partial charge < -0.3 is 13.9 Å². The highest BCUT2D eigenvalue weighted by atomic mass is 32.2. The number of benzene rings is 2. The number of methoxy groups -OCH3 is 2. The van der Waals surface area contributed by atoms with E-state index in [0.717, 1.165) is 0 Å². The average molecular weight is 432 g/mol. The average Bonchev–Trinajstić information content (AvgIpc) is 3.16. The van der Waals surface area contributed by atoms with Crippen molar-refractivity contribution in [2.24, 2.45) is 0 Å². The monoisotopic (exact) mass is 431 g/mol. The molecule has 0 saturated carbocycles. The minimum Gasteiger partial charge on any atom is -0.493 e. The molecule has 0 unspecified atom stereocenters. The highest BCUT2D eigenvalue weighted by Crippen LogP contribution is 2.33. The molecule has 0 spiro atoms. The topological polar surface area (TPSA) is 104 Å². The molecular weight excluding hydrogens is 406 g/mol. The Hall–Kier alpha value is -2.91. The van der Waals surface area contributed by atoms with E-state index in [9.17, 15) is 8.42 Å². The molecule has 8 nitrogen and oxygen atoms in total. The van der Waals surface area contributed by atoms with E-state index in [0.29, 0.717) is 28.2 Å². The van der Waals surface area contributed by atoms with Crippen molar-refractivity contribution in [1.82, 2.24) is 14.9 Å². The fraction of sp³-hybridized carbons (Fsp3) is 0.333. The van der Waals surface area contributed by atoms with Crippen molar-refractivity contribution in [3.05, 3.63) is 42.0 Å². The number of sulfonamides is 1. The predicted molar refractivity (Wildman–Crippen MR) is 113 cm³/mol. The lowest BCUT2D eigenvalue weighted by atomic mass is 10.1. The molecule has 0 amide bonds. The molecule has 0 bridgehead atoms. The van der Waals surface area contributed by atoms with Crippen molar-refractivity contribution in [1.29, 1.82) is 0 Å². The third kappa shape index (κ3) is 4.63. The summed E-state index contributed by atoms with van der Waals surface area (Å²) in [5, 5.41) is 8.17. The van der Waals surface area contributed by atoms with Crippen LogP contribution in [-0.2, 0) is 10.0 Å². The predicted octanol–water partition coefficient (Wildman–Crippen LogP) is 3.81. The van der Waals surface area contributed by atoms with Gasteiger partial charge in [-0.3, -0.25) is 0 Å². The van der Waals surface area contributed by atoms with Crippen LogP contribution < -0.4 is 14.2 Å². The molecule has 9 heteroatoms. The first-order valence-electron chi connectivity index (χ1n) is 9.25. The number of aryl methyl sites for hydroxylation is 1. The largest absolute Gasteiger partial charge is 0.493 e. The smallest absolute Gasteiger partial charge is 0.248 e. The molecule has 1 N–H and O–H groups in total. The summed E-state index contributed by atoms with van der Waals surface area (Å²) in [6, 6.07) is 10.2. The van der Waals surface area contributed by atoms with Crippen LogP contribution in [0.4, 0.5) is 0 Å². The SMILES string of the molecule is COc1ccc(-c2nnc(-c3ccc(C)c(S(=O)(=O)NC(C)(C)C)c3)o2)cc1OC. The minimum absolute atomic E-state index is 0.167. The zero-order valence-electron chi connectivity index (χ0n) is 17.8. The number of hydrogen-bond donors (Lipinski definition) is 1. The van der Waals surface area contributed by atoms with Gasteiger partial charge in [0.05, 0.1) is 19.1 Å². The van der Waals surface area contributed by atoms with E-state index in [2.05, 4.69) is 14.9 Å². The first-order valence-corrected chi connectivity index (χ1v) is 10.7. The molecule has 0 aliphatic rings. The maximum Gasteiger partial charge on any atom is 0.248 e. The van der Waals surface area contributed by atoms with E-state index < -0.39 is 15.6 Å². The Morgan fingerprint density at radius 1 is 0.900 bits per heavy atom. The van der Waals surface area contributed by atoms with E-state index in [1.54, 1.807) is 72.2 Å². The molecule has 160 valence electrons. The van der Waals surface area contributed by atoms with Crippen LogP contribution in [0.1, 0.15) is 26.3 Å². The van der Waals surface area contributed by atoms with Gasteiger partial charge in [-0.05, 0) is 63.6 Å². The summed E-state index contributed by atoms with van der Waals surface area (Å²) in [7, 11) is -0.614. The first kappa shape index (κ1) is 21.8. The second-order valence-corrected chi connectivity index (χ2v) is 9.47. The van der Waals surface area contributed by atoms with Crippen molar-refractivity contribution in [2.45, 2.75) is 38.1 Å². The van der Waals surface area contributed by atoms with Crippen molar-refractivity contribution in [2.75, 3.05) is 14.2 Å². The summed E-state index contributed by atoms with van der Waals surface area (Å²) in [6.45, 7) is 7.11. The van der Waals surface area contributed by atoms with Gasteiger partial charge in [0.1, 0.15) is 0 Å². The Bertz CT molecular complexity index is 1160. The molecule has 3 rings (SSSR count). The van der Waals surface area contributed by atoms with Gasteiger partial charge in [0, 0.05) is 16.7 Å². The second-order valence-electron chi connectivity index (χ2n) is 7.82. The van der Waals surface area contributed by atoms with Crippen LogP contribution in [0.25, 0.3) is 22.9 Å². The van der Waals surface area contributed by atoms with Gasteiger partial charge in [0.2, 0.25) is 21.8 Å². The molecule has 0 aliphatic carbocycles. The lowest BCUT2D eigenvalue weighted by molar-refractivity contribution is 0.355. The van der Waals surface area contributed by atoms with Crippen molar-refractivity contribution in [3.8, 4) is 34.4 Å². The Labute approximate surface area is 176 Å². The Balaban J connectivity index is 1.98. The number of rotatable bonds is 6. The third-order valence-electron chi connectivity index (χ3n) is 4.22. The molecule has 1 aromatic heterocycles. The zero-order chi connectivity index (χ0) is 22.1. The highest BCUT2D eigenvalue weighted by molar-refractivity contribution is 7.89. The quantitative estimate of drug-likeness (QED) is 0.633. The van der Waals surface area contributed by atoms with Crippen molar-refractivity contribution < 1.29 is 22.3 Å². The molecule has 1 heterocycles. The van der Waals surface area contributed by atoms with Gasteiger partial charge in [-0.15, -0.1) is 10.2 Å². The summed E-state index contributed by atoms with van der Waals surface area (Å²) in [4.78, 5) is 0.167. The lowest BCUT2D eigenvalue weighted by Crippen LogP contribution is -2.40. The minimum atomic E-state index is -3.71. The van der Waals surface area contributed by atoms with Gasteiger partial charge in [0.25, 0.3) is 0 Å². The van der Waals surface area contributed by atoms with Gasteiger partial charge in [0.15, 0.2) is 11.5 Å². The number of hydrogen-bond acceptors (Lipinski definition) is 7. The van der Waals surface area contributed by atoms with Crippen LogP contribution in [0.2, 0.25) is 0 Å². The van der Waals surface area contributed by atoms with Gasteiger partial charge in [-0.2, -0.15) is 0 Å². The van der Waals surface area contributed by atoms with Crippen LogP contribution in [0, 0.1) is 6.92 Å². The molecule has 0 fully saturated rings. The van der Waals surface area contributed by atoms with E-state index in [1.807, 2.05) is 0 Å². The summed E-state index contributed by atoms with van der Waals surface area (Å²) in [5.41, 5.74) is 1.18. The number of nitrogens with zero attached hydrogens (tertiary/aromatic N) is 2. The molecular formula is C21H25N3O5S. The van der Waals surface area contributed by atoms with E-state index >= 15 is 0 Å². The maximum atomic E-state index is 12.8. The Kier molecular flexibility index (Phi) is 5.87. The van der Waals surface area contributed by atoms with Crippen LogP contribution in [0.5, 0.6) is 11.5 Å². The summed E-state index contributed by atoms with van der Waals surface area (Å²) >= 11 is 0.